The SMILES string of the molecule is C=C(c1nc(/C=C/CNC(=O)C2CC(OC)C2)cc2c(N[C@@H]3CCN(C)C[C@@H]3F)cccc12)C(F)(F)F. The Morgan fingerprint density at radius 1 is 1.30 bits per heavy atom. The summed E-state index contributed by atoms with van der Waals surface area (Å²) < 4.78 is 60.8. The maximum Gasteiger partial charge on any atom is 0.417 e. The van der Waals surface area contributed by atoms with Crippen molar-refractivity contribution in [3.8, 4) is 0 Å². The first kappa shape index (κ1) is 27.1. The van der Waals surface area contributed by atoms with Gasteiger partial charge in [-0.2, -0.15) is 13.2 Å². The molecule has 2 heterocycles. The molecule has 0 bridgehead atoms. The number of nitrogens with zero attached hydrogens (tertiary/aromatic N) is 2. The third-order valence-electron chi connectivity index (χ3n) is 7.09. The first-order valence-electron chi connectivity index (χ1n) is 12.3. The van der Waals surface area contributed by atoms with Gasteiger partial charge in [-0.25, -0.2) is 9.37 Å². The third kappa shape index (κ3) is 6.30. The second-order valence-corrected chi connectivity index (χ2v) is 9.76. The van der Waals surface area contributed by atoms with E-state index in [2.05, 4.69) is 22.2 Å². The summed E-state index contributed by atoms with van der Waals surface area (Å²) in [6.45, 7) is 4.47. The smallest absolute Gasteiger partial charge is 0.381 e. The average Bonchev–Trinajstić information content (AvgIpc) is 2.81. The normalized spacial score (nSPS) is 24.7. The molecule has 1 aliphatic heterocycles. The zero-order valence-corrected chi connectivity index (χ0v) is 20.9. The minimum Gasteiger partial charge on any atom is -0.381 e. The number of carbonyl (C=O) groups is 1. The second-order valence-electron chi connectivity index (χ2n) is 9.76. The van der Waals surface area contributed by atoms with E-state index in [4.69, 9.17) is 4.74 Å². The highest BCUT2D eigenvalue weighted by molar-refractivity contribution is 6.00. The maximum atomic E-state index is 14.7. The van der Waals surface area contributed by atoms with Crippen LogP contribution in [0.3, 0.4) is 0 Å². The molecule has 0 radical (unpaired) electrons. The largest absolute Gasteiger partial charge is 0.417 e. The number of hydrogen-bond acceptors (Lipinski definition) is 5. The Kier molecular flexibility index (Phi) is 8.18. The summed E-state index contributed by atoms with van der Waals surface area (Å²) in [7, 11) is 3.47. The van der Waals surface area contributed by atoms with Gasteiger partial charge in [0, 0.05) is 49.1 Å². The Balaban J connectivity index is 1.58. The van der Waals surface area contributed by atoms with E-state index in [1.807, 2.05) is 11.9 Å². The number of halogens is 4. The topological polar surface area (TPSA) is 66.5 Å². The zero-order valence-electron chi connectivity index (χ0n) is 20.9. The van der Waals surface area contributed by atoms with E-state index in [1.54, 1.807) is 43.5 Å². The number of likely N-dealkylation sites (tertiary alicyclic amines) is 1. The van der Waals surface area contributed by atoms with Gasteiger partial charge < -0.3 is 20.3 Å². The van der Waals surface area contributed by atoms with Gasteiger partial charge in [0.05, 0.1) is 29.1 Å². The predicted octanol–water partition coefficient (Wildman–Crippen LogP) is 4.82. The molecule has 0 spiro atoms. The second kappa shape index (κ2) is 11.2. The molecule has 1 saturated heterocycles. The number of benzene rings is 1. The van der Waals surface area contributed by atoms with Crippen molar-refractivity contribution in [3.05, 3.63) is 48.3 Å². The number of fused-ring (bicyclic) bond motifs is 1. The van der Waals surface area contributed by atoms with Gasteiger partial charge in [0.15, 0.2) is 0 Å². The molecule has 4 rings (SSSR count). The van der Waals surface area contributed by atoms with Gasteiger partial charge >= 0.3 is 6.18 Å². The Morgan fingerprint density at radius 2 is 2.05 bits per heavy atom. The molecule has 2 atom stereocenters. The number of alkyl halides is 4. The van der Waals surface area contributed by atoms with Gasteiger partial charge in [-0.05, 0) is 44.5 Å². The molecule has 1 aliphatic carbocycles. The molecule has 200 valence electrons. The third-order valence-corrected chi connectivity index (χ3v) is 7.09. The van der Waals surface area contributed by atoms with Crippen LogP contribution in [0.15, 0.2) is 36.9 Å². The lowest BCUT2D eigenvalue weighted by molar-refractivity contribution is -0.132. The molecule has 10 heteroatoms. The highest BCUT2D eigenvalue weighted by Gasteiger charge is 2.36. The summed E-state index contributed by atoms with van der Waals surface area (Å²) in [6, 6.07) is 6.12. The highest BCUT2D eigenvalue weighted by Crippen LogP contribution is 2.37. The Labute approximate surface area is 213 Å². The fourth-order valence-corrected chi connectivity index (χ4v) is 4.75. The van der Waals surface area contributed by atoms with Crippen LogP contribution in [0.5, 0.6) is 0 Å². The molecule has 1 saturated carbocycles. The van der Waals surface area contributed by atoms with Crippen LogP contribution >= 0.6 is 0 Å². The van der Waals surface area contributed by atoms with E-state index in [9.17, 15) is 22.4 Å². The molecule has 1 aromatic heterocycles. The van der Waals surface area contributed by atoms with Crippen LogP contribution in [-0.2, 0) is 9.53 Å². The summed E-state index contributed by atoms with van der Waals surface area (Å²) in [5.41, 5.74) is -0.523. The maximum absolute atomic E-state index is 14.7. The molecular weight excluding hydrogens is 488 g/mol. The molecule has 2 fully saturated rings. The first-order valence-corrected chi connectivity index (χ1v) is 12.3. The summed E-state index contributed by atoms with van der Waals surface area (Å²) in [5, 5.41) is 6.79. The first-order chi connectivity index (χ1) is 17.6. The number of methoxy groups -OCH3 is 1. The van der Waals surface area contributed by atoms with Gasteiger partial charge in [-0.1, -0.05) is 24.8 Å². The van der Waals surface area contributed by atoms with Crippen molar-refractivity contribution >= 4 is 34.0 Å². The molecule has 2 aliphatic rings. The summed E-state index contributed by atoms with van der Waals surface area (Å²) >= 11 is 0. The van der Waals surface area contributed by atoms with Crippen LogP contribution in [0.25, 0.3) is 22.4 Å². The number of nitrogens with one attached hydrogen (secondary N) is 2. The molecular formula is C27H32F4N4O2. The molecule has 37 heavy (non-hydrogen) atoms. The number of aromatic nitrogens is 1. The molecule has 1 amide bonds. The van der Waals surface area contributed by atoms with E-state index >= 15 is 0 Å². The fourth-order valence-electron chi connectivity index (χ4n) is 4.75. The number of allylic oxidation sites excluding steroid dienone is 1. The van der Waals surface area contributed by atoms with Crippen LogP contribution < -0.4 is 10.6 Å². The number of anilines is 1. The van der Waals surface area contributed by atoms with Crippen molar-refractivity contribution in [2.24, 2.45) is 5.92 Å². The van der Waals surface area contributed by atoms with Gasteiger partial charge in [0.25, 0.3) is 0 Å². The quantitative estimate of drug-likeness (QED) is 0.489. The predicted molar refractivity (Wildman–Crippen MR) is 137 cm³/mol. The van der Waals surface area contributed by atoms with Crippen LogP contribution in [0.2, 0.25) is 0 Å². The lowest BCUT2D eigenvalue weighted by Crippen LogP contribution is -2.46. The van der Waals surface area contributed by atoms with E-state index in [0.29, 0.717) is 36.9 Å². The van der Waals surface area contributed by atoms with E-state index in [0.717, 1.165) is 0 Å². The van der Waals surface area contributed by atoms with Gasteiger partial charge in [0.1, 0.15) is 6.17 Å². The number of hydrogen-bond donors (Lipinski definition) is 2. The highest BCUT2D eigenvalue weighted by atomic mass is 19.4. The monoisotopic (exact) mass is 520 g/mol. The summed E-state index contributed by atoms with van der Waals surface area (Å²) in [4.78, 5) is 18.4. The molecule has 0 unspecified atom stereocenters. The van der Waals surface area contributed by atoms with Crippen LogP contribution in [0.4, 0.5) is 23.2 Å². The van der Waals surface area contributed by atoms with Crippen LogP contribution in [0.1, 0.15) is 30.7 Å². The Hall–Kier alpha value is -2.98. The van der Waals surface area contributed by atoms with Crippen molar-refractivity contribution in [2.75, 3.05) is 39.1 Å². The summed E-state index contributed by atoms with van der Waals surface area (Å²) in [6.07, 6.45) is -0.543. The fraction of sp³-hybridized carbons (Fsp3) is 0.481. The number of pyridine rings is 1. The number of amides is 1. The van der Waals surface area contributed by atoms with Crippen molar-refractivity contribution in [1.82, 2.24) is 15.2 Å². The summed E-state index contributed by atoms with van der Waals surface area (Å²) in [5.74, 6) is -0.174. The lowest BCUT2D eigenvalue weighted by atomic mass is 9.81. The van der Waals surface area contributed by atoms with Gasteiger partial charge in [0.2, 0.25) is 5.91 Å². The van der Waals surface area contributed by atoms with Crippen molar-refractivity contribution in [1.29, 1.82) is 0 Å². The number of carbonyl (C=O) groups excluding carboxylic acids is 1. The van der Waals surface area contributed by atoms with Crippen molar-refractivity contribution in [2.45, 2.75) is 43.8 Å². The van der Waals surface area contributed by atoms with E-state index in [1.165, 1.54) is 0 Å². The zero-order chi connectivity index (χ0) is 26.7. The average molecular weight is 521 g/mol. The van der Waals surface area contributed by atoms with Gasteiger partial charge in [-0.15, -0.1) is 0 Å². The van der Waals surface area contributed by atoms with Crippen molar-refractivity contribution < 1.29 is 27.1 Å². The van der Waals surface area contributed by atoms with Gasteiger partial charge in [-0.3, -0.25) is 4.79 Å². The van der Waals surface area contributed by atoms with Crippen LogP contribution in [-0.4, -0.2) is 74.1 Å². The Bertz CT molecular complexity index is 1180. The molecule has 6 nitrogen and oxygen atoms in total. The number of piperidine rings is 1. The van der Waals surface area contributed by atoms with E-state index < -0.39 is 24.0 Å². The van der Waals surface area contributed by atoms with Crippen LogP contribution in [0, 0.1) is 5.92 Å². The molecule has 2 aromatic rings. The number of ether oxygens (including phenoxy) is 1. The minimum absolute atomic E-state index is 0.0825. The van der Waals surface area contributed by atoms with E-state index in [-0.39, 0.29) is 47.8 Å². The minimum atomic E-state index is -4.67. The lowest BCUT2D eigenvalue weighted by Gasteiger charge is -2.33. The Morgan fingerprint density at radius 3 is 2.73 bits per heavy atom. The molecule has 2 N–H and O–H groups in total. The van der Waals surface area contributed by atoms with Crippen molar-refractivity contribution in [3.63, 3.8) is 0 Å². The molecule has 1 aromatic carbocycles. The standard InChI is InChI=1S/C27H32F4N4O2/c1-16(27(29,30)31)25-20-7-4-8-23(34-24-9-11-35(2)15-22(24)28)21(20)14-18(33-25)6-5-10-32-26(36)17-12-19(13-17)37-3/h4-8,14,17,19,22,24,34H,1,9-13,15H2,2-3H3,(H,32,36)/b6-5+/t17?,19?,22-,24+/m0/s1. The number of rotatable bonds is 8.